The van der Waals surface area contributed by atoms with E-state index in [1.54, 1.807) is 6.07 Å². The Morgan fingerprint density at radius 3 is 2.77 bits per heavy atom. The number of nitrogens with zero attached hydrogens (tertiary/aromatic N) is 4. The number of guanidine groups is 1. The van der Waals surface area contributed by atoms with Crippen LogP contribution in [0.1, 0.15) is 42.0 Å². The number of nitrogens with one attached hydrogen (secondary N) is 1. The van der Waals surface area contributed by atoms with E-state index in [0.717, 1.165) is 36.4 Å². The third-order valence-corrected chi connectivity index (χ3v) is 5.18. The standard InChI is InChI=1S/C22H30F3N5O/c1-4-26-21(27-9-6-10-30-17(3)13-16(2)28-30)29-11-12-31-20(15-29)18-7-5-8-19(14-18)22(23,24)25/h5,7-8,13-14,20H,4,6,9-12,15H2,1-3H3,(H,26,27). The van der Waals surface area contributed by atoms with Gasteiger partial charge in [0.25, 0.3) is 0 Å². The smallest absolute Gasteiger partial charge is 0.370 e. The van der Waals surface area contributed by atoms with E-state index < -0.39 is 17.8 Å². The van der Waals surface area contributed by atoms with Gasteiger partial charge in [0.2, 0.25) is 0 Å². The van der Waals surface area contributed by atoms with Crippen molar-refractivity contribution in [3.63, 3.8) is 0 Å². The molecule has 1 unspecified atom stereocenters. The highest BCUT2D eigenvalue weighted by molar-refractivity contribution is 5.80. The molecule has 1 fully saturated rings. The number of halogens is 3. The van der Waals surface area contributed by atoms with Crippen molar-refractivity contribution in [2.75, 3.05) is 32.8 Å². The molecule has 0 spiro atoms. The molecule has 3 rings (SSSR count). The lowest BCUT2D eigenvalue weighted by molar-refractivity contribution is -0.137. The zero-order valence-electron chi connectivity index (χ0n) is 18.2. The van der Waals surface area contributed by atoms with E-state index in [1.807, 2.05) is 25.5 Å². The molecule has 1 aliphatic rings. The minimum absolute atomic E-state index is 0.428. The number of hydrogen-bond acceptors (Lipinski definition) is 3. The van der Waals surface area contributed by atoms with Crippen molar-refractivity contribution >= 4 is 5.96 Å². The van der Waals surface area contributed by atoms with Crippen LogP contribution in [0.25, 0.3) is 0 Å². The minimum atomic E-state index is -4.37. The lowest BCUT2D eigenvalue weighted by Gasteiger charge is -2.35. The first-order chi connectivity index (χ1) is 14.8. The van der Waals surface area contributed by atoms with Crippen LogP contribution in [0, 0.1) is 13.8 Å². The molecular formula is C22H30F3N5O. The van der Waals surface area contributed by atoms with Crippen molar-refractivity contribution in [3.8, 4) is 0 Å². The fourth-order valence-electron chi connectivity index (χ4n) is 3.69. The predicted molar refractivity (Wildman–Crippen MR) is 114 cm³/mol. The van der Waals surface area contributed by atoms with Crippen LogP contribution >= 0.6 is 0 Å². The van der Waals surface area contributed by atoms with E-state index in [-0.39, 0.29) is 0 Å². The summed E-state index contributed by atoms with van der Waals surface area (Å²) in [7, 11) is 0. The number of aliphatic imine (C=N–C) groups is 1. The van der Waals surface area contributed by atoms with Crippen LogP contribution in [0.5, 0.6) is 0 Å². The molecule has 2 heterocycles. The maximum absolute atomic E-state index is 13.1. The summed E-state index contributed by atoms with van der Waals surface area (Å²) in [6.07, 6.45) is -3.96. The maximum Gasteiger partial charge on any atom is 0.416 e. The molecule has 1 aromatic carbocycles. The molecule has 0 aliphatic carbocycles. The number of aromatic nitrogens is 2. The molecule has 1 atom stereocenters. The van der Waals surface area contributed by atoms with Crippen molar-refractivity contribution in [2.24, 2.45) is 4.99 Å². The highest BCUT2D eigenvalue weighted by atomic mass is 19.4. The molecule has 1 saturated heterocycles. The lowest BCUT2D eigenvalue weighted by Crippen LogP contribution is -2.48. The molecule has 9 heteroatoms. The first-order valence-corrected chi connectivity index (χ1v) is 10.6. The largest absolute Gasteiger partial charge is 0.416 e. The molecule has 0 amide bonds. The van der Waals surface area contributed by atoms with Crippen molar-refractivity contribution < 1.29 is 17.9 Å². The lowest BCUT2D eigenvalue weighted by atomic mass is 10.0. The van der Waals surface area contributed by atoms with Gasteiger partial charge in [0.15, 0.2) is 5.96 Å². The second-order valence-corrected chi connectivity index (χ2v) is 7.67. The molecule has 170 valence electrons. The van der Waals surface area contributed by atoms with Gasteiger partial charge in [-0.2, -0.15) is 18.3 Å². The quantitative estimate of drug-likeness (QED) is 0.423. The van der Waals surface area contributed by atoms with Crippen molar-refractivity contribution in [1.29, 1.82) is 0 Å². The van der Waals surface area contributed by atoms with Crippen LogP contribution in [0.3, 0.4) is 0 Å². The first-order valence-electron chi connectivity index (χ1n) is 10.6. The molecule has 1 aromatic heterocycles. The predicted octanol–water partition coefficient (Wildman–Crippen LogP) is 3.95. The van der Waals surface area contributed by atoms with E-state index in [9.17, 15) is 13.2 Å². The summed E-state index contributed by atoms with van der Waals surface area (Å²) in [5.41, 5.74) is 2.00. The topological polar surface area (TPSA) is 54.7 Å². The summed E-state index contributed by atoms with van der Waals surface area (Å²) in [4.78, 5) is 6.79. The Kier molecular flexibility index (Phi) is 7.59. The average Bonchev–Trinajstić information content (AvgIpc) is 3.07. The molecule has 2 aromatic rings. The third kappa shape index (κ3) is 6.22. The van der Waals surface area contributed by atoms with Gasteiger partial charge in [-0.25, -0.2) is 0 Å². The Balaban J connectivity index is 1.64. The van der Waals surface area contributed by atoms with Gasteiger partial charge >= 0.3 is 6.18 Å². The summed E-state index contributed by atoms with van der Waals surface area (Å²) >= 11 is 0. The SMILES string of the molecule is CCNC(=NCCCn1nc(C)cc1C)N1CCOC(c2cccc(C(F)(F)F)c2)C1. The maximum atomic E-state index is 13.1. The molecular weight excluding hydrogens is 407 g/mol. The fraction of sp³-hybridized carbons (Fsp3) is 0.545. The number of ether oxygens (including phenoxy) is 1. The highest BCUT2D eigenvalue weighted by Crippen LogP contribution is 2.32. The van der Waals surface area contributed by atoms with Gasteiger partial charge in [-0.1, -0.05) is 12.1 Å². The number of aryl methyl sites for hydroxylation is 3. The molecule has 6 nitrogen and oxygen atoms in total. The summed E-state index contributed by atoms with van der Waals surface area (Å²) in [5.74, 6) is 0.760. The average molecular weight is 438 g/mol. The van der Waals surface area contributed by atoms with E-state index in [2.05, 4.69) is 21.4 Å². The number of alkyl halides is 3. The van der Waals surface area contributed by atoms with E-state index in [4.69, 9.17) is 9.73 Å². The van der Waals surface area contributed by atoms with Gasteiger partial charge in [0, 0.05) is 31.9 Å². The third-order valence-electron chi connectivity index (χ3n) is 5.18. The number of benzene rings is 1. The van der Waals surface area contributed by atoms with E-state index >= 15 is 0 Å². The molecule has 0 radical (unpaired) electrons. The van der Waals surface area contributed by atoms with Gasteiger partial charge in [-0.3, -0.25) is 9.67 Å². The summed E-state index contributed by atoms with van der Waals surface area (Å²) in [6.45, 7) is 9.66. The normalized spacial score (nSPS) is 17.8. The van der Waals surface area contributed by atoms with Crippen LogP contribution in [0.2, 0.25) is 0 Å². The van der Waals surface area contributed by atoms with Crippen LogP contribution in [-0.4, -0.2) is 53.4 Å². The summed E-state index contributed by atoms with van der Waals surface area (Å²) in [6, 6.07) is 7.42. The Labute approximate surface area is 181 Å². The number of morpholine rings is 1. The van der Waals surface area contributed by atoms with Gasteiger partial charge in [0.1, 0.15) is 6.10 Å². The van der Waals surface area contributed by atoms with Crippen molar-refractivity contribution in [2.45, 2.75) is 46.0 Å². The second kappa shape index (κ2) is 10.2. The van der Waals surface area contributed by atoms with Crippen LogP contribution in [0.4, 0.5) is 13.2 Å². The molecule has 1 N–H and O–H groups in total. The van der Waals surface area contributed by atoms with E-state index in [1.165, 1.54) is 12.1 Å². The van der Waals surface area contributed by atoms with Gasteiger partial charge in [-0.15, -0.1) is 0 Å². The molecule has 0 saturated carbocycles. The second-order valence-electron chi connectivity index (χ2n) is 7.67. The Hall–Kier alpha value is -2.55. The van der Waals surface area contributed by atoms with Crippen molar-refractivity contribution in [3.05, 3.63) is 52.8 Å². The van der Waals surface area contributed by atoms with Crippen molar-refractivity contribution in [1.82, 2.24) is 20.0 Å². The van der Waals surface area contributed by atoms with E-state index in [0.29, 0.717) is 38.3 Å². The molecule has 31 heavy (non-hydrogen) atoms. The van der Waals surface area contributed by atoms with Crippen LogP contribution < -0.4 is 5.32 Å². The Bertz CT molecular complexity index is 894. The molecule has 0 bridgehead atoms. The highest BCUT2D eigenvalue weighted by Gasteiger charge is 2.32. The number of rotatable bonds is 6. The zero-order chi connectivity index (χ0) is 22.4. The first kappa shape index (κ1) is 23.1. The van der Waals surface area contributed by atoms with Crippen LogP contribution in [0.15, 0.2) is 35.3 Å². The molecule has 1 aliphatic heterocycles. The zero-order valence-corrected chi connectivity index (χ0v) is 18.2. The van der Waals surface area contributed by atoms with Gasteiger partial charge in [-0.05, 0) is 51.0 Å². The number of hydrogen-bond donors (Lipinski definition) is 1. The minimum Gasteiger partial charge on any atom is -0.370 e. The van der Waals surface area contributed by atoms with Crippen LogP contribution in [-0.2, 0) is 17.5 Å². The monoisotopic (exact) mass is 437 g/mol. The summed E-state index contributed by atoms with van der Waals surface area (Å²) in [5, 5.41) is 7.76. The Morgan fingerprint density at radius 1 is 1.29 bits per heavy atom. The Morgan fingerprint density at radius 2 is 2.10 bits per heavy atom. The fourth-order valence-corrected chi connectivity index (χ4v) is 3.69. The van der Waals surface area contributed by atoms with Gasteiger partial charge < -0.3 is 15.0 Å². The van der Waals surface area contributed by atoms with Gasteiger partial charge in [0.05, 0.1) is 24.4 Å². The summed E-state index contributed by atoms with van der Waals surface area (Å²) < 4.78 is 47.0.